The van der Waals surface area contributed by atoms with Crippen LogP contribution < -0.4 is 14.4 Å². The van der Waals surface area contributed by atoms with Crippen LogP contribution in [0.5, 0.6) is 5.75 Å². The first kappa shape index (κ1) is 33.5. The van der Waals surface area contributed by atoms with Gasteiger partial charge in [-0.2, -0.15) is 0 Å². The standard InChI is InChI=1S/C30H34Cl3N3O5S/c1-6-20(3)34-30(38)21(4)35(17-22-9-13-25(31)26(32)15-22)29(37)18-36(23-10-14-28(41-5)27(33)16-23)42(39,40)24-11-7-19(2)8-12-24/h7-16,20-21H,6,17-18H2,1-5H3,(H,34,38)/t20-,21-/m1/s1. The summed E-state index contributed by atoms with van der Waals surface area (Å²) in [5.41, 5.74) is 1.64. The molecule has 3 aromatic carbocycles. The molecule has 12 heteroatoms. The summed E-state index contributed by atoms with van der Waals surface area (Å²) in [6, 6.07) is 14.6. The lowest BCUT2D eigenvalue weighted by atomic mass is 10.1. The second kappa shape index (κ2) is 14.5. The van der Waals surface area contributed by atoms with Gasteiger partial charge in [0.05, 0.1) is 32.8 Å². The number of hydrogen-bond acceptors (Lipinski definition) is 5. The van der Waals surface area contributed by atoms with Crippen molar-refractivity contribution in [3.05, 3.63) is 86.9 Å². The Morgan fingerprint density at radius 3 is 2.17 bits per heavy atom. The number of nitrogens with one attached hydrogen (secondary N) is 1. The fourth-order valence-electron chi connectivity index (χ4n) is 4.06. The van der Waals surface area contributed by atoms with Gasteiger partial charge in [0.15, 0.2) is 0 Å². The van der Waals surface area contributed by atoms with Crippen molar-refractivity contribution in [2.45, 2.75) is 57.6 Å². The van der Waals surface area contributed by atoms with Gasteiger partial charge in [-0.1, -0.05) is 65.5 Å². The normalized spacial score (nSPS) is 12.8. The Morgan fingerprint density at radius 1 is 0.929 bits per heavy atom. The summed E-state index contributed by atoms with van der Waals surface area (Å²) in [5.74, 6) is -0.648. The maximum Gasteiger partial charge on any atom is 0.264 e. The number of aryl methyl sites for hydroxylation is 1. The minimum atomic E-state index is -4.24. The van der Waals surface area contributed by atoms with Crippen molar-refractivity contribution < 1.29 is 22.7 Å². The highest BCUT2D eigenvalue weighted by molar-refractivity contribution is 7.92. The van der Waals surface area contributed by atoms with E-state index in [4.69, 9.17) is 39.5 Å². The lowest BCUT2D eigenvalue weighted by Gasteiger charge is -2.32. The molecule has 42 heavy (non-hydrogen) atoms. The number of ether oxygens (including phenoxy) is 1. The highest BCUT2D eigenvalue weighted by Crippen LogP contribution is 2.32. The summed E-state index contributed by atoms with van der Waals surface area (Å²) in [6.07, 6.45) is 0.694. The molecule has 3 aromatic rings. The van der Waals surface area contributed by atoms with Crippen LogP contribution in [-0.4, -0.2) is 50.9 Å². The second-order valence-corrected chi connectivity index (χ2v) is 13.0. The summed E-state index contributed by atoms with van der Waals surface area (Å²) < 4.78 is 34.1. The Kier molecular flexibility index (Phi) is 11.5. The minimum Gasteiger partial charge on any atom is -0.495 e. The predicted molar refractivity (Wildman–Crippen MR) is 168 cm³/mol. The van der Waals surface area contributed by atoms with E-state index in [0.717, 1.165) is 9.87 Å². The number of rotatable bonds is 12. The van der Waals surface area contributed by atoms with Gasteiger partial charge in [0.2, 0.25) is 11.8 Å². The van der Waals surface area contributed by atoms with Gasteiger partial charge in [0.1, 0.15) is 18.3 Å². The van der Waals surface area contributed by atoms with Crippen molar-refractivity contribution in [3.63, 3.8) is 0 Å². The van der Waals surface area contributed by atoms with E-state index in [1.54, 1.807) is 37.3 Å². The van der Waals surface area contributed by atoms with Crippen LogP contribution in [0.15, 0.2) is 65.6 Å². The maximum atomic E-state index is 14.0. The molecule has 0 aliphatic rings. The smallest absolute Gasteiger partial charge is 0.264 e. The van der Waals surface area contributed by atoms with Gasteiger partial charge < -0.3 is 15.0 Å². The largest absolute Gasteiger partial charge is 0.495 e. The van der Waals surface area contributed by atoms with Crippen molar-refractivity contribution in [3.8, 4) is 5.75 Å². The van der Waals surface area contributed by atoms with E-state index in [-0.39, 0.29) is 39.1 Å². The van der Waals surface area contributed by atoms with E-state index in [2.05, 4.69) is 5.32 Å². The fourth-order valence-corrected chi connectivity index (χ4v) is 6.04. The zero-order valence-corrected chi connectivity index (χ0v) is 27.1. The molecule has 0 bridgehead atoms. The average molecular weight is 655 g/mol. The van der Waals surface area contributed by atoms with E-state index in [1.165, 1.54) is 42.3 Å². The zero-order chi connectivity index (χ0) is 31.2. The molecule has 3 rings (SSSR count). The third-order valence-electron chi connectivity index (χ3n) is 6.82. The van der Waals surface area contributed by atoms with Crippen LogP contribution in [-0.2, 0) is 26.2 Å². The number of nitrogens with zero attached hydrogens (tertiary/aromatic N) is 2. The van der Waals surface area contributed by atoms with Crippen LogP contribution in [0.2, 0.25) is 15.1 Å². The molecule has 2 amide bonds. The number of carbonyl (C=O) groups excluding carboxylic acids is 2. The molecular formula is C30H34Cl3N3O5S. The van der Waals surface area contributed by atoms with E-state index < -0.39 is 28.5 Å². The van der Waals surface area contributed by atoms with Crippen LogP contribution in [0, 0.1) is 6.92 Å². The lowest BCUT2D eigenvalue weighted by molar-refractivity contribution is -0.139. The molecule has 0 aliphatic heterocycles. The van der Waals surface area contributed by atoms with E-state index in [9.17, 15) is 18.0 Å². The summed E-state index contributed by atoms with van der Waals surface area (Å²) in [4.78, 5) is 28.5. The van der Waals surface area contributed by atoms with Crippen molar-refractivity contribution in [1.82, 2.24) is 10.2 Å². The van der Waals surface area contributed by atoms with E-state index in [1.807, 2.05) is 20.8 Å². The highest BCUT2D eigenvalue weighted by Gasteiger charge is 2.33. The Morgan fingerprint density at radius 2 is 1.60 bits per heavy atom. The molecule has 0 spiro atoms. The predicted octanol–water partition coefficient (Wildman–Crippen LogP) is 6.49. The van der Waals surface area contributed by atoms with Crippen LogP contribution in [0.4, 0.5) is 5.69 Å². The average Bonchev–Trinajstić information content (AvgIpc) is 2.95. The van der Waals surface area contributed by atoms with Gasteiger partial charge in [0.25, 0.3) is 10.0 Å². The molecular weight excluding hydrogens is 621 g/mol. The van der Waals surface area contributed by atoms with Crippen molar-refractivity contribution in [2.24, 2.45) is 0 Å². The topological polar surface area (TPSA) is 96.0 Å². The van der Waals surface area contributed by atoms with E-state index in [0.29, 0.717) is 22.8 Å². The number of halogens is 3. The number of methoxy groups -OCH3 is 1. The summed E-state index contributed by atoms with van der Waals surface area (Å²) in [7, 11) is -2.80. The maximum absolute atomic E-state index is 14.0. The zero-order valence-electron chi connectivity index (χ0n) is 24.0. The number of anilines is 1. The molecule has 0 fully saturated rings. The molecule has 226 valence electrons. The van der Waals surface area contributed by atoms with Crippen LogP contribution in [0.25, 0.3) is 0 Å². The van der Waals surface area contributed by atoms with Gasteiger partial charge >= 0.3 is 0 Å². The number of carbonyl (C=O) groups is 2. The first-order chi connectivity index (χ1) is 19.8. The molecule has 0 saturated carbocycles. The van der Waals surface area contributed by atoms with Crippen molar-refractivity contribution in [1.29, 1.82) is 0 Å². The van der Waals surface area contributed by atoms with E-state index >= 15 is 0 Å². The van der Waals surface area contributed by atoms with Gasteiger partial charge in [-0.15, -0.1) is 0 Å². The number of benzene rings is 3. The Labute approximate surface area is 262 Å². The van der Waals surface area contributed by atoms with Gasteiger partial charge in [-0.05, 0) is 75.2 Å². The number of sulfonamides is 1. The van der Waals surface area contributed by atoms with Crippen LogP contribution in [0.3, 0.4) is 0 Å². The minimum absolute atomic E-state index is 0.00793. The molecule has 0 unspecified atom stereocenters. The monoisotopic (exact) mass is 653 g/mol. The highest BCUT2D eigenvalue weighted by atomic mass is 35.5. The Hall–Kier alpha value is -2.98. The van der Waals surface area contributed by atoms with Crippen LogP contribution in [0.1, 0.15) is 38.3 Å². The molecule has 0 aromatic heterocycles. The second-order valence-electron chi connectivity index (χ2n) is 9.91. The first-order valence-corrected chi connectivity index (χ1v) is 15.8. The summed E-state index contributed by atoms with van der Waals surface area (Å²) >= 11 is 18.7. The molecule has 0 radical (unpaired) electrons. The third kappa shape index (κ3) is 8.10. The summed E-state index contributed by atoms with van der Waals surface area (Å²) in [5, 5.41) is 3.69. The van der Waals surface area contributed by atoms with Gasteiger partial charge in [-0.3, -0.25) is 13.9 Å². The molecule has 8 nitrogen and oxygen atoms in total. The Bertz CT molecular complexity index is 1530. The van der Waals surface area contributed by atoms with Gasteiger partial charge in [0, 0.05) is 12.6 Å². The fraction of sp³-hybridized carbons (Fsp3) is 0.333. The Balaban J connectivity index is 2.08. The number of hydrogen-bond donors (Lipinski definition) is 1. The third-order valence-corrected chi connectivity index (χ3v) is 9.64. The van der Waals surface area contributed by atoms with Gasteiger partial charge in [-0.25, -0.2) is 8.42 Å². The molecule has 0 heterocycles. The van der Waals surface area contributed by atoms with Crippen molar-refractivity contribution in [2.75, 3.05) is 18.0 Å². The van der Waals surface area contributed by atoms with Crippen molar-refractivity contribution >= 4 is 62.3 Å². The summed E-state index contributed by atoms with van der Waals surface area (Å²) in [6.45, 7) is 6.60. The lowest BCUT2D eigenvalue weighted by Crippen LogP contribution is -2.52. The molecule has 0 saturated heterocycles. The quantitative estimate of drug-likeness (QED) is 0.241. The number of amides is 2. The molecule has 0 aliphatic carbocycles. The molecule has 2 atom stereocenters. The van der Waals surface area contributed by atoms with Crippen LogP contribution >= 0.6 is 34.8 Å². The molecule has 1 N–H and O–H groups in total. The SMILES string of the molecule is CC[C@@H](C)NC(=O)[C@@H](C)N(Cc1ccc(Cl)c(Cl)c1)C(=O)CN(c1ccc(OC)c(Cl)c1)S(=O)(=O)c1ccc(C)cc1. The first-order valence-electron chi connectivity index (χ1n) is 13.2.